The number of ether oxygens (including phenoxy) is 2. The van der Waals surface area contributed by atoms with E-state index in [1.54, 1.807) is 38.2 Å². The quantitative estimate of drug-likeness (QED) is 0.210. The molecule has 0 bridgehead atoms. The van der Waals surface area contributed by atoms with Crippen molar-refractivity contribution < 1.29 is 33.3 Å². The van der Waals surface area contributed by atoms with Crippen molar-refractivity contribution in [1.29, 1.82) is 0 Å². The zero-order valence-corrected chi connectivity index (χ0v) is 23.4. The second kappa shape index (κ2) is 13.7. The Kier molecular flexibility index (Phi) is 10.7. The van der Waals surface area contributed by atoms with Crippen LogP contribution in [-0.4, -0.2) is 64.5 Å². The molecule has 0 spiro atoms. The van der Waals surface area contributed by atoms with E-state index < -0.39 is 18.4 Å². The number of aliphatic hydroxyl groups excluding tert-OH is 2. The van der Waals surface area contributed by atoms with Crippen molar-refractivity contribution in [2.75, 3.05) is 20.2 Å². The molecule has 2 aromatic rings. The summed E-state index contributed by atoms with van der Waals surface area (Å²) in [4.78, 5) is 20.4. The Morgan fingerprint density at radius 1 is 1.25 bits per heavy atom. The highest BCUT2D eigenvalue weighted by Gasteiger charge is 2.35. The average Bonchev–Trinajstić information content (AvgIpc) is 2.93. The third-order valence-electron chi connectivity index (χ3n) is 6.30. The summed E-state index contributed by atoms with van der Waals surface area (Å²) in [5.41, 5.74) is 1.83. The van der Waals surface area contributed by atoms with Crippen LogP contribution < -0.4 is 4.74 Å². The van der Waals surface area contributed by atoms with Gasteiger partial charge in [-0.05, 0) is 55.2 Å². The second-order valence-corrected chi connectivity index (χ2v) is 9.90. The maximum atomic E-state index is 13.6. The molecule has 8 nitrogen and oxygen atoms in total. The van der Waals surface area contributed by atoms with Gasteiger partial charge in [0.2, 0.25) is 6.35 Å². The molecule has 2 unspecified atom stereocenters. The molecule has 216 valence electrons. The van der Waals surface area contributed by atoms with E-state index in [-0.39, 0.29) is 43.1 Å². The van der Waals surface area contributed by atoms with Crippen LogP contribution in [0.1, 0.15) is 31.4 Å². The van der Waals surface area contributed by atoms with Gasteiger partial charge in [-0.1, -0.05) is 49.4 Å². The first-order chi connectivity index (χ1) is 19.0. The van der Waals surface area contributed by atoms with Crippen molar-refractivity contribution in [1.82, 2.24) is 9.80 Å². The Labute approximate surface area is 237 Å². The monoisotopic (exact) mass is 577 g/mol. The number of hydrogen-bond donors (Lipinski definition) is 2. The van der Waals surface area contributed by atoms with Crippen LogP contribution in [0.2, 0.25) is 5.02 Å². The first-order valence-electron chi connectivity index (χ1n) is 12.7. The van der Waals surface area contributed by atoms with Gasteiger partial charge in [-0.15, -0.1) is 0 Å². The summed E-state index contributed by atoms with van der Waals surface area (Å²) < 4.78 is 38.1. The van der Waals surface area contributed by atoms with E-state index in [0.29, 0.717) is 35.1 Å². The highest BCUT2D eigenvalue weighted by molar-refractivity contribution is 6.30. The Morgan fingerprint density at radius 2 is 1.95 bits per heavy atom. The summed E-state index contributed by atoms with van der Waals surface area (Å²) in [5.74, 6) is -0.225. The van der Waals surface area contributed by atoms with Crippen molar-refractivity contribution in [3.05, 3.63) is 88.7 Å². The van der Waals surface area contributed by atoms with Gasteiger partial charge in [-0.2, -0.15) is 13.8 Å². The number of amides is 1. The number of alkyl halides is 2. The summed E-state index contributed by atoms with van der Waals surface area (Å²) in [6, 6.07) is 13.4. The van der Waals surface area contributed by atoms with Crippen LogP contribution in [0.5, 0.6) is 5.75 Å². The fraction of sp³-hybridized carbons (Fsp3) is 0.379. The van der Waals surface area contributed by atoms with Crippen LogP contribution in [0, 0.1) is 5.92 Å². The van der Waals surface area contributed by atoms with Gasteiger partial charge in [0.25, 0.3) is 5.91 Å². The van der Waals surface area contributed by atoms with Gasteiger partial charge in [0.05, 0.1) is 5.57 Å². The Bertz CT molecular complexity index is 1250. The van der Waals surface area contributed by atoms with Crippen molar-refractivity contribution >= 4 is 23.4 Å². The number of hydrogen-bond acceptors (Lipinski definition) is 7. The topological polar surface area (TPSA) is 94.8 Å². The van der Waals surface area contributed by atoms with E-state index in [2.05, 4.69) is 11.6 Å². The van der Waals surface area contributed by atoms with Crippen LogP contribution >= 0.6 is 11.6 Å². The molecule has 1 heterocycles. The molecule has 0 saturated carbocycles. The molecule has 3 rings (SSSR count). The summed E-state index contributed by atoms with van der Waals surface area (Å²) in [7, 11) is 1.60. The van der Waals surface area contributed by atoms with E-state index in [1.807, 2.05) is 19.1 Å². The summed E-state index contributed by atoms with van der Waals surface area (Å²) in [6.07, 6.45) is -3.55. The predicted octanol–water partition coefficient (Wildman–Crippen LogP) is 4.96. The molecule has 11 heteroatoms. The molecule has 1 aliphatic rings. The molecule has 0 radical (unpaired) electrons. The van der Waals surface area contributed by atoms with Gasteiger partial charge >= 0.3 is 6.11 Å². The number of carbonyl (C=O) groups excluding carboxylic acids is 1. The molecule has 2 atom stereocenters. The molecule has 1 amide bonds. The van der Waals surface area contributed by atoms with Gasteiger partial charge in [-0.3, -0.25) is 9.69 Å². The molecule has 2 aromatic carbocycles. The minimum atomic E-state index is -3.52. The highest BCUT2D eigenvalue weighted by atomic mass is 35.5. The number of aliphatic hydroxyl groups is 2. The largest absolute Gasteiger partial charge is 0.476 e. The second-order valence-electron chi connectivity index (χ2n) is 9.47. The first kappa shape index (κ1) is 31.1. The smallest absolute Gasteiger partial charge is 0.419 e. The first-order valence-corrected chi connectivity index (χ1v) is 13.1. The van der Waals surface area contributed by atoms with Crippen molar-refractivity contribution in [2.45, 2.75) is 45.8 Å². The third-order valence-corrected chi connectivity index (χ3v) is 6.55. The maximum absolute atomic E-state index is 13.6. The lowest BCUT2D eigenvalue weighted by Crippen LogP contribution is -2.54. The van der Waals surface area contributed by atoms with E-state index in [9.17, 15) is 18.7 Å². The summed E-state index contributed by atoms with van der Waals surface area (Å²) in [5, 5.41) is 20.6. The zero-order chi connectivity index (χ0) is 29.4. The van der Waals surface area contributed by atoms with Crippen LogP contribution in [0.25, 0.3) is 0 Å². The fourth-order valence-electron chi connectivity index (χ4n) is 4.12. The van der Waals surface area contributed by atoms with Gasteiger partial charge in [0, 0.05) is 37.2 Å². The lowest BCUT2D eigenvalue weighted by atomic mass is 10.0. The molecule has 40 heavy (non-hydrogen) atoms. The number of aliphatic imine (C=N–C) groups is 1. The Hall–Kier alpha value is -3.47. The molecule has 1 aliphatic heterocycles. The number of benzene rings is 2. The van der Waals surface area contributed by atoms with Crippen molar-refractivity contribution in [3.8, 4) is 5.75 Å². The van der Waals surface area contributed by atoms with E-state index >= 15 is 0 Å². The molecule has 2 N–H and O–H groups in total. The van der Waals surface area contributed by atoms with Crippen molar-refractivity contribution in [2.24, 2.45) is 10.9 Å². The van der Waals surface area contributed by atoms with Crippen molar-refractivity contribution in [3.63, 3.8) is 0 Å². The van der Waals surface area contributed by atoms with Gasteiger partial charge < -0.3 is 24.6 Å². The molecular weight excluding hydrogens is 544 g/mol. The molecule has 0 aliphatic carbocycles. The molecular formula is C29H34ClF2N3O5. The molecule has 0 saturated heterocycles. The fourth-order valence-corrected chi connectivity index (χ4v) is 4.25. The van der Waals surface area contributed by atoms with Gasteiger partial charge in [0.15, 0.2) is 5.90 Å². The van der Waals surface area contributed by atoms with Gasteiger partial charge in [0.1, 0.15) is 18.2 Å². The lowest BCUT2D eigenvalue weighted by Gasteiger charge is -2.40. The Morgan fingerprint density at radius 3 is 2.60 bits per heavy atom. The predicted molar refractivity (Wildman–Crippen MR) is 149 cm³/mol. The van der Waals surface area contributed by atoms with Crippen LogP contribution in [-0.2, 0) is 22.6 Å². The van der Waals surface area contributed by atoms with Crippen LogP contribution in [0.3, 0.4) is 0 Å². The molecule has 0 fully saturated rings. The highest BCUT2D eigenvalue weighted by Crippen LogP contribution is 2.27. The minimum absolute atomic E-state index is 0.0180. The third kappa shape index (κ3) is 8.03. The van der Waals surface area contributed by atoms with E-state index in [0.717, 1.165) is 5.56 Å². The number of rotatable bonds is 12. The van der Waals surface area contributed by atoms with E-state index in [4.69, 9.17) is 26.2 Å². The summed E-state index contributed by atoms with van der Waals surface area (Å²) >= 11 is 6.03. The SMILES string of the molecule is C=CC(F)(F)Oc1cccc(CO/C(=N/C2=C(C)C(=O)N(CCCO)C(O)N2C)C(C)Cc2ccc(Cl)cc2)c1. The number of nitrogens with zero attached hydrogens (tertiary/aromatic N) is 3. The van der Waals surface area contributed by atoms with Crippen LogP contribution in [0.4, 0.5) is 8.78 Å². The standard InChI is InChI=1S/C29H34ClF2N3O5/c1-5-29(31,32)40-24-9-6-8-22(17-24)18-39-26(19(2)16-21-10-12-23(30)13-11-21)33-25-20(3)27(37)35(14-7-15-36)28(38)34(25)4/h5-6,8-13,17,19,28,36,38H,1,7,14-16,18H2,2-4H3/b33-26+. The minimum Gasteiger partial charge on any atom is -0.476 e. The number of halogens is 3. The zero-order valence-electron chi connectivity index (χ0n) is 22.7. The molecule has 0 aromatic heterocycles. The normalized spacial score (nSPS) is 17.2. The Balaban J connectivity index is 1.92. The lowest BCUT2D eigenvalue weighted by molar-refractivity contribution is -0.154. The van der Waals surface area contributed by atoms with Gasteiger partial charge in [-0.25, -0.2) is 0 Å². The van der Waals surface area contributed by atoms with Crippen LogP contribution in [0.15, 0.2) is 77.6 Å². The maximum Gasteiger partial charge on any atom is 0.419 e. The summed E-state index contributed by atoms with van der Waals surface area (Å²) in [6.45, 7) is 6.63. The van der Waals surface area contributed by atoms with E-state index in [1.165, 1.54) is 21.9 Å². The average molecular weight is 578 g/mol. The number of carbonyl (C=O) groups is 1.